The van der Waals surface area contributed by atoms with Crippen LogP contribution in [0.15, 0.2) is 24.3 Å². The maximum Gasteiger partial charge on any atom is 0.248 e. The highest BCUT2D eigenvalue weighted by molar-refractivity contribution is 5.96. The summed E-state index contributed by atoms with van der Waals surface area (Å²) in [5, 5.41) is 24.8. The Balaban J connectivity index is 1.51. The van der Waals surface area contributed by atoms with Crippen LogP contribution in [0.5, 0.6) is 0 Å². The van der Waals surface area contributed by atoms with Crippen molar-refractivity contribution in [1.82, 2.24) is 16.1 Å². The predicted molar refractivity (Wildman–Crippen MR) is 107 cm³/mol. The van der Waals surface area contributed by atoms with Crippen molar-refractivity contribution < 1.29 is 14.8 Å². The second-order valence-electron chi connectivity index (χ2n) is 8.58. The van der Waals surface area contributed by atoms with E-state index in [2.05, 4.69) is 22.8 Å². The van der Waals surface area contributed by atoms with E-state index in [-0.39, 0.29) is 11.2 Å². The fraction of sp³-hybridized carbons (Fsp3) is 0.500. The molecular formula is C22H26N4O3. The minimum absolute atomic E-state index is 0.0361. The smallest absolute Gasteiger partial charge is 0.248 e. The molecule has 1 aromatic rings. The first-order chi connectivity index (χ1) is 14.0. The van der Waals surface area contributed by atoms with E-state index in [1.165, 1.54) is 0 Å². The lowest BCUT2D eigenvalue weighted by atomic mass is 9.77. The zero-order valence-corrected chi connectivity index (χ0v) is 16.5. The monoisotopic (exact) mass is 394 g/mol. The molecule has 7 heteroatoms. The third kappa shape index (κ3) is 3.84. The van der Waals surface area contributed by atoms with E-state index in [4.69, 9.17) is 10.5 Å². The SMILES string of the molecule is Cc1cc(C#N)ccc1C1=CCNC(C(=O)C2NCC3(CC3)CC2C(=O)NO)C1. The van der Waals surface area contributed by atoms with Crippen LogP contribution in [0.25, 0.3) is 5.57 Å². The van der Waals surface area contributed by atoms with Crippen LogP contribution in [0.2, 0.25) is 0 Å². The fourth-order valence-electron chi connectivity index (χ4n) is 4.74. The number of aryl methyl sites for hydroxylation is 1. The Hall–Kier alpha value is -2.53. The Labute approximate surface area is 170 Å². The number of nitriles is 1. The number of nitrogens with one attached hydrogen (secondary N) is 3. The first-order valence-electron chi connectivity index (χ1n) is 10.1. The molecule has 7 nitrogen and oxygen atoms in total. The van der Waals surface area contributed by atoms with Gasteiger partial charge in [-0.2, -0.15) is 5.26 Å². The molecule has 152 valence electrons. The standard InChI is InChI=1S/C22H26N4O3/c1-13-8-14(11-23)2-3-16(13)15-4-7-24-18(9-15)20(27)19-17(21(28)26-29)10-22(5-6-22)12-25-19/h2-4,8,17-19,24-25,29H,5-7,9-10,12H2,1H3,(H,26,28). The van der Waals surface area contributed by atoms with Crippen LogP contribution in [-0.2, 0) is 9.59 Å². The third-order valence-electron chi connectivity index (χ3n) is 6.64. The molecule has 1 spiro atoms. The molecule has 3 aliphatic rings. The number of benzene rings is 1. The highest BCUT2D eigenvalue weighted by Crippen LogP contribution is 2.52. The Kier molecular flexibility index (Phi) is 5.26. The summed E-state index contributed by atoms with van der Waals surface area (Å²) in [4.78, 5) is 25.6. The maximum absolute atomic E-state index is 13.3. The number of piperidine rings is 1. The van der Waals surface area contributed by atoms with Crippen LogP contribution in [0.4, 0.5) is 0 Å². The predicted octanol–water partition coefficient (Wildman–Crippen LogP) is 1.44. The first-order valence-corrected chi connectivity index (χ1v) is 10.1. The van der Waals surface area contributed by atoms with Crippen LogP contribution in [0, 0.1) is 29.6 Å². The number of hydroxylamine groups is 1. The van der Waals surface area contributed by atoms with Crippen LogP contribution >= 0.6 is 0 Å². The fourth-order valence-corrected chi connectivity index (χ4v) is 4.74. The molecule has 2 fully saturated rings. The number of nitrogens with zero attached hydrogens (tertiary/aromatic N) is 1. The molecule has 29 heavy (non-hydrogen) atoms. The van der Waals surface area contributed by atoms with Crippen molar-refractivity contribution in [2.45, 2.75) is 44.7 Å². The van der Waals surface area contributed by atoms with Gasteiger partial charge in [0.05, 0.1) is 29.6 Å². The minimum atomic E-state index is -0.604. The summed E-state index contributed by atoms with van der Waals surface area (Å²) in [5.41, 5.74) is 5.60. The molecule has 0 aromatic heterocycles. The lowest BCUT2D eigenvalue weighted by Crippen LogP contribution is -2.59. The van der Waals surface area contributed by atoms with Gasteiger partial charge in [0.15, 0.2) is 5.78 Å². The van der Waals surface area contributed by atoms with Crippen molar-refractivity contribution >= 4 is 17.3 Å². The summed E-state index contributed by atoms with van der Waals surface area (Å²) in [5.74, 6) is -1.08. The lowest BCUT2D eigenvalue weighted by Gasteiger charge is -2.37. The highest BCUT2D eigenvalue weighted by Gasteiger charge is 2.52. The molecule has 0 bridgehead atoms. The van der Waals surface area contributed by atoms with Crippen LogP contribution in [0.1, 0.15) is 42.4 Å². The largest absolute Gasteiger partial charge is 0.306 e. The molecule has 1 saturated heterocycles. The molecule has 4 N–H and O–H groups in total. The van der Waals surface area contributed by atoms with E-state index in [0.29, 0.717) is 24.9 Å². The summed E-state index contributed by atoms with van der Waals surface area (Å²) in [6.45, 7) is 3.27. The van der Waals surface area contributed by atoms with Crippen LogP contribution in [0.3, 0.4) is 0 Å². The molecule has 2 aliphatic heterocycles. The second kappa shape index (κ2) is 7.71. The minimum Gasteiger partial charge on any atom is -0.306 e. The number of carbonyl (C=O) groups is 2. The van der Waals surface area contributed by atoms with Gasteiger partial charge in [-0.3, -0.25) is 14.8 Å². The van der Waals surface area contributed by atoms with E-state index < -0.39 is 23.9 Å². The molecule has 2 heterocycles. The Morgan fingerprint density at radius 1 is 1.31 bits per heavy atom. The summed E-state index contributed by atoms with van der Waals surface area (Å²) in [6, 6.07) is 6.73. The number of carbonyl (C=O) groups excluding carboxylic acids is 2. The molecule has 3 unspecified atom stereocenters. The quantitative estimate of drug-likeness (QED) is 0.454. The van der Waals surface area contributed by atoms with Gasteiger partial charge >= 0.3 is 0 Å². The van der Waals surface area contributed by atoms with Crippen LogP contribution in [-0.4, -0.2) is 42.1 Å². The van der Waals surface area contributed by atoms with Gasteiger partial charge in [-0.15, -0.1) is 0 Å². The van der Waals surface area contributed by atoms with Gasteiger partial charge in [0.2, 0.25) is 5.91 Å². The average molecular weight is 394 g/mol. The lowest BCUT2D eigenvalue weighted by molar-refractivity contribution is -0.140. The van der Waals surface area contributed by atoms with E-state index in [1.807, 2.05) is 19.1 Å². The second-order valence-corrected chi connectivity index (χ2v) is 8.58. The zero-order valence-electron chi connectivity index (χ0n) is 16.5. The van der Waals surface area contributed by atoms with Crippen LogP contribution < -0.4 is 16.1 Å². The maximum atomic E-state index is 13.3. The van der Waals surface area contributed by atoms with E-state index in [1.54, 1.807) is 11.5 Å². The molecule has 1 aromatic carbocycles. The van der Waals surface area contributed by atoms with Crippen molar-refractivity contribution in [3.63, 3.8) is 0 Å². The number of hydrogen-bond acceptors (Lipinski definition) is 6. The number of hydrogen-bond donors (Lipinski definition) is 4. The molecule has 1 saturated carbocycles. The van der Waals surface area contributed by atoms with Gasteiger partial charge in [0, 0.05) is 13.1 Å². The van der Waals surface area contributed by atoms with Crippen molar-refractivity contribution in [2.75, 3.05) is 13.1 Å². The van der Waals surface area contributed by atoms with Gasteiger partial charge in [0.1, 0.15) is 0 Å². The first kappa shape index (κ1) is 19.8. The molecule has 4 rings (SSSR count). The molecule has 1 amide bonds. The number of ketones is 1. The number of Topliss-reactive ketones (excluding diaryl/α,β-unsaturated/α-hetero) is 1. The van der Waals surface area contributed by atoms with E-state index in [0.717, 1.165) is 36.1 Å². The Bertz CT molecular complexity index is 913. The van der Waals surface area contributed by atoms with Gasteiger partial charge in [-0.1, -0.05) is 12.1 Å². The number of rotatable bonds is 4. The van der Waals surface area contributed by atoms with Gasteiger partial charge < -0.3 is 10.6 Å². The summed E-state index contributed by atoms with van der Waals surface area (Å²) in [6.07, 6.45) is 5.35. The summed E-state index contributed by atoms with van der Waals surface area (Å²) in [7, 11) is 0. The average Bonchev–Trinajstić information content (AvgIpc) is 3.51. The molecular weight excluding hydrogens is 368 g/mol. The molecule has 3 atom stereocenters. The van der Waals surface area contributed by atoms with Gasteiger partial charge in [-0.05, 0) is 66.9 Å². The molecule has 1 aliphatic carbocycles. The summed E-state index contributed by atoms with van der Waals surface area (Å²) < 4.78 is 0. The van der Waals surface area contributed by atoms with E-state index >= 15 is 0 Å². The van der Waals surface area contributed by atoms with Crippen molar-refractivity contribution in [3.05, 3.63) is 41.0 Å². The van der Waals surface area contributed by atoms with E-state index in [9.17, 15) is 9.59 Å². The number of amides is 1. The van der Waals surface area contributed by atoms with Crippen molar-refractivity contribution in [1.29, 1.82) is 5.26 Å². The summed E-state index contributed by atoms with van der Waals surface area (Å²) >= 11 is 0. The van der Waals surface area contributed by atoms with Gasteiger partial charge in [0.25, 0.3) is 0 Å². The zero-order chi connectivity index (χ0) is 20.6. The normalized spacial score (nSPS) is 27.6. The molecule has 0 radical (unpaired) electrons. The van der Waals surface area contributed by atoms with Gasteiger partial charge in [-0.25, -0.2) is 5.48 Å². The van der Waals surface area contributed by atoms with Crippen molar-refractivity contribution in [2.24, 2.45) is 11.3 Å². The van der Waals surface area contributed by atoms with Crippen molar-refractivity contribution in [3.8, 4) is 6.07 Å². The highest BCUT2D eigenvalue weighted by atomic mass is 16.5. The Morgan fingerprint density at radius 2 is 2.10 bits per heavy atom. The topological polar surface area (TPSA) is 114 Å². The Morgan fingerprint density at radius 3 is 2.76 bits per heavy atom. The third-order valence-corrected chi connectivity index (χ3v) is 6.64.